The number of fused-ring (bicyclic) bond motifs is 1. The molecule has 0 saturated heterocycles. The summed E-state index contributed by atoms with van der Waals surface area (Å²) >= 11 is 0. The highest BCUT2D eigenvalue weighted by atomic mass is 19.2. The molecule has 170 valence electrons. The fourth-order valence-electron chi connectivity index (χ4n) is 3.31. The Balaban J connectivity index is 1.81. The van der Waals surface area contributed by atoms with Crippen LogP contribution in [0.15, 0.2) is 42.6 Å². The Morgan fingerprint density at radius 1 is 1.09 bits per heavy atom. The molecule has 2 aromatic heterocycles. The van der Waals surface area contributed by atoms with Crippen LogP contribution in [-0.2, 0) is 6.54 Å². The van der Waals surface area contributed by atoms with E-state index >= 15 is 0 Å². The second kappa shape index (κ2) is 8.77. The minimum absolute atomic E-state index is 0.0154. The number of halogens is 4. The normalized spacial score (nSPS) is 11.0. The molecule has 0 fully saturated rings. The van der Waals surface area contributed by atoms with E-state index < -0.39 is 29.2 Å². The van der Waals surface area contributed by atoms with Crippen LogP contribution in [0.25, 0.3) is 16.9 Å². The predicted molar refractivity (Wildman–Crippen MR) is 112 cm³/mol. The molecule has 0 radical (unpaired) electrons. The Hall–Kier alpha value is -4.15. The van der Waals surface area contributed by atoms with Gasteiger partial charge in [-0.15, -0.1) is 0 Å². The molecule has 0 aliphatic heterocycles. The van der Waals surface area contributed by atoms with Gasteiger partial charge in [0.15, 0.2) is 28.8 Å². The molecule has 2 aromatic carbocycles. The Labute approximate surface area is 185 Å². The van der Waals surface area contributed by atoms with Crippen molar-refractivity contribution in [3.63, 3.8) is 0 Å². The van der Waals surface area contributed by atoms with Crippen LogP contribution in [-0.4, -0.2) is 34.7 Å². The van der Waals surface area contributed by atoms with Crippen molar-refractivity contribution in [3.05, 3.63) is 77.1 Å². The maximum Gasteiger partial charge on any atom is 0.273 e. The SMILES string of the molecule is CNC(=O)c1nn2ccc(-c3cc(F)c(F)c(F)c3)nc2c1NCc1c(F)cccc1OC. The molecule has 7 nitrogen and oxygen atoms in total. The predicted octanol–water partition coefficient (Wildman–Crippen LogP) is 3.93. The van der Waals surface area contributed by atoms with E-state index in [0.717, 1.165) is 12.1 Å². The zero-order chi connectivity index (χ0) is 23.7. The van der Waals surface area contributed by atoms with Crippen molar-refractivity contribution in [3.8, 4) is 17.0 Å². The van der Waals surface area contributed by atoms with Crippen LogP contribution >= 0.6 is 0 Å². The van der Waals surface area contributed by atoms with Gasteiger partial charge in [0, 0.05) is 30.9 Å². The van der Waals surface area contributed by atoms with E-state index in [4.69, 9.17) is 4.74 Å². The lowest BCUT2D eigenvalue weighted by Gasteiger charge is -2.11. The smallest absolute Gasteiger partial charge is 0.273 e. The van der Waals surface area contributed by atoms with Crippen molar-refractivity contribution in [1.82, 2.24) is 19.9 Å². The largest absolute Gasteiger partial charge is 0.496 e. The number of nitrogens with one attached hydrogen (secondary N) is 2. The molecule has 0 spiro atoms. The number of amides is 1. The molecule has 0 atom stereocenters. The highest BCUT2D eigenvalue weighted by molar-refractivity contribution is 6.01. The number of aromatic nitrogens is 3. The molecule has 2 N–H and O–H groups in total. The van der Waals surface area contributed by atoms with Crippen molar-refractivity contribution < 1.29 is 27.1 Å². The number of carbonyl (C=O) groups excluding carboxylic acids is 1. The molecule has 0 bridgehead atoms. The van der Waals surface area contributed by atoms with Gasteiger partial charge in [0.1, 0.15) is 17.3 Å². The number of hydrogen-bond donors (Lipinski definition) is 2. The molecular weight excluding hydrogens is 442 g/mol. The van der Waals surface area contributed by atoms with Gasteiger partial charge in [0.05, 0.1) is 12.8 Å². The molecule has 0 aliphatic carbocycles. The van der Waals surface area contributed by atoms with Crippen molar-refractivity contribution in [1.29, 1.82) is 0 Å². The Kier molecular flexibility index (Phi) is 5.86. The minimum Gasteiger partial charge on any atom is -0.496 e. The summed E-state index contributed by atoms with van der Waals surface area (Å²) in [5.74, 6) is -5.08. The summed E-state index contributed by atoms with van der Waals surface area (Å²) in [6.07, 6.45) is 1.43. The second-order valence-electron chi connectivity index (χ2n) is 6.91. The average molecular weight is 459 g/mol. The summed E-state index contributed by atoms with van der Waals surface area (Å²) in [5, 5.41) is 9.61. The molecule has 33 heavy (non-hydrogen) atoms. The van der Waals surface area contributed by atoms with Gasteiger partial charge in [-0.3, -0.25) is 4.79 Å². The number of hydrogen-bond acceptors (Lipinski definition) is 5. The first kappa shape index (κ1) is 22.1. The molecule has 1 amide bonds. The van der Waals surface area contributed by atoms with Crippen LogP contribution in [0.4, 0.5) is 23.2 Å². The Bertz CT molecular complexity index is 1350. The third kappa shape index (κ3) is 4.04. The summed E-state index contributed by atoms with van der Waals surface area (Å²) < 4.78 is 61.6. The van der Waals surface area contributed by atoms with Crippen molar-refractivity contribution in [2.24, 2.45) is 0 Å². The lowest BCUT2D eigenvalue weighted by atomic mass is 10.1. The van der Waals surface area contributed by atoms with Gasteiger partial charge in [0.25, 0.3) is 5.91 Å². The number of rotatable bonds is 6. The molecule has 4 aromatic rings. The van der Waals surface area contributed by atoms with Crippen LogP contribution in [0.2, 0.25) is 0 Å². The lowest BCUT2D eigenvalue weighted by Crippen LogP contribution is -2.20. The van der Waals surface area contributed by atoms with Crippen LogP contribution in [0, 0.1) is 23.3 Å². The fraction of sp³-hybridized carbons (Fsp3) is 0.136. The summed E-state index contributed by atoms with van der Waals surface area (Å²) in [6.45, 7) is -0.0765. The summed E-state index contributed by atoms with van der Waals surface area (Å²) in [7, 11) is 2.82. The zero-order valence-electron chi connectivity index (χ0n) is 17.4. The van der Waals surface area contributed by atoms with Crippen LogP contribution in [0.1, 0.15) is 16.1 Å². The first-order valence-corrected chi connectivity index (χ1v) is 9.65. The highest BCUT2D eigenvalue weighted by Gasteiger charge is 2.22. The third-order valence-electron chi connectivity index (χ3n) is 4.94. The standard InChI is InChI=1S/C22H17F4N5O2/c1-27-22(32)20-19(28-10-12-13(23)4-3-5-17(12)33-2)21-29-16(6-7-31(21)30-20)11-8-14(24)18(26)15(25)9-11/h3-9,28H,10H2,1-2H3,(H,27,32). The topological polar surface area (TPSA) is 80.6 Å². The van der Waals surface area contributed by atoms with Crippen molar-refractivity contribution in [2.45, 2.75) is 6.54 Å². The minimum atomic E-state index is -1.59. The molecule has 0 saturated carbocycles. The zero-order valence-corrected chi connectivity index (χ0v) is 17.4. The van der Waals surface area contributed by atoms with E-state index in [0.29, 0.717) is 5.75 Å². The fourth-order valence-corrected chi connectivity index (χ4v) is 3.31. The molecule has 11 heteroatoms. The number of methoxy groups -OCH3 is 1. The van der Waals surface area contributed by atoms with Gasteiger partial charge in [-0.1, -0.05) is 6.07 Å². The molecule has 0 aliphatic rings. The van der Waals surface area contributed by atoms with Crippen molar-refractivity contribution >= 4 is 17.2 Å². The lowest BCUT2D eigenvalue weighted by molar-refractivity contribution is 0.0958. The first-order chi connectivity index (χ1) is 15.8. The quantitative estimate of drug-likeness (QED) is 0.337. The summed E-state index contributed by atoms with van der Waals surface area (Å²) in [4.78, 5) is 16.7. The number of anilines is 1. The second-order valence-corrected chi connectivity index (χ2v) is 6.91. The van der Waals surface area contributed by atoms with Crippen LogP contribution < -0.4 is 15.4 Å². The van der Waals surface area contributed by atoms with Gasteiger partial charge in [0.2, 0.25) is 0 Å². The Morgan fingerprint density at radius 2 is 1.82 bits per heavy atom. The molecule has 0 unspecified atom stereocenters. The monoisotopic (exact) mass is 459 g/mol. The van der Waals surface area contributed by atoms with Gasteiger partial charge >= 0.3 is 0 Å². The molecular formula is C22H17F4N5O2. The van der Waals surface area contributed by atoms with Crippen molar-refractivity contribution in [2.75, 3.05) is 19.5 Å². The number of benzene rings is 2. The van der Waals surface area contributed by atoms with E-state index in [1.807, 2.05) is 0 Å². The number of carbonyl (C=O) groups is 1. The van der Waals surface area contributed by atoms with Gasteiger partial charge < -0.3 is 15.4 Å². The van der Waals surface area contributed by atoms with Gasteiger partial charge in [-0.2, -0.15) is 5.10 Å². The van der Waals surface area contributed by atoms with E-state index in [2.05, 4.69) is 20.7 Å². The number of nitrogens with zero attached hydrogens (tertiary/aromatic N) is 3. The average Bonchev–Trinajstić information content (AvgIpc) is 3.18. The van der Waals surface area contributed by atoms with Gasteiger partial charge in [-0.25, -0.2) is 27.1 Å². The maximum atomic E-state index is 14.4. The van der Waals surface area contributed by atoms with Crippen LogP contribution in [0.3, 0.4) is 0 Å². The summed E-state index contributed by atoms with van der Waals surface area (Å²) in [6, 6.07) is 7.38. The third-order valence-corrected chi connectivity index (χ3v) is 4.94. The van der Waals surface area contributed by atoms with E-state index in [1.165, 1.54) is 43.1 Å². The van der Waals surface area contributed by atoms with Gasteiger partial charge in [-0.05, 0) is 30.3 Å². The van der Waals surface area contributed by atoms with Crippen LogP contribution in [0.5, 0.6) is 5.75 Å². The first-order valence-electron chi connectivity index (χ1n) is 9.65. The number of ether oxygens (including phenoxy) is 1. The molecule has 4 rings (SSSR count). The summed E-state index contributed by atoms with van der Waals surface area (Å²) in [5.41, 5.74) is 0.555. The highest BCUT2D eigenvalue weighted by Crippen LogP contribution is 2.28. The van der Waals surface area contributed by atoms with E-state index in [-0.39, 0.29) is 40.4 Å². The maximum absolute atomic E-state index is 14.4. The van der Waals surface area contributed by atoms with E-state index in [1.54, 1.807) is 6.07 Å². The Morgan fingerprint density at radius 3 is 2.48 bits per heavy atom. The molecule has 2 heterocycles. The van der Waals surface area contributed by atoms with E-state index in [9.17, 15) is 22.4 Å².